The van der Waals surface area contributed by atoms with Crippen molar-refractivity contribution in [1.29, 1.82) is 0 Å². The Morgan fingerprint density at radius 3 is 2.31 bits per heavy atom. The molecule has 0 unspecified atom stereocenters. The van der Waals surface area contributed by atoms with Crippen LogP contribution in [-0.2, 0) is 9.53 Å². The highest BCUT2D eigenvalue weighted by atomic mass is 16.5. The molecule has 1 aromatic heterocycles. The number of carbonyl (C=O) groups is 1. The first kappa shape index (κ1) is 21.6. The maximum absolute atomic E-state index is 10.7. The van der Waals surface area contributed by atoms with Crippen molar-refractivity contribution >= 4 is 23.2 Å². The Bertz CT molecular complexity index is 651. The number of nitrogens with zero attached hydrogens (tertiary/aromatic N) is 4. The summed E-state index contributed by atoms with van der Waals surface area (Å²) in [6.07, 6.45) is 2.47. The van der Waals surface area contributed by atoms with Crippen molar-refractivity contribution in [2.24, 2.45) is 5.92 Å². The van der Waals surface area contributed by atoms with Gasteiger partial charge in [-0.1, -0.05) is 6.92 Å². The van der Waals surface area contributed by atoms with E-state index in [0.29, 0.717) is 13.2 Å². The van der Waals surface area contributed by atoms with E-state index in [-0.39, 0.29) is 5.91 Å². The summed E-state index contributed by atoms with van der Waals surface area (Å²) in [4.78, 5) is 22.0. The van der Waals surface area contributed by atoms with Gasteiger partial charge in [0.1, 0.15) is 5.82 Å². The van der Waals surface area contributed by atoms with E-state index in [1.54, 1.807) is 11.8 Å². The van der Waals surface area contributed by atoms with Gasteiger partial charge in [0.05, 0.1) is 18.9 Å². The number of nitrogen functional groups attached to an aromatic ring is 1. The number of anilines is 3. The summed E-state index contributed by atoms with van der Waals surface area (Å²) in [6.45, 7) is 13.1. The van der Waals surface area contributed by atoms with Gasteiger partial charge in [0.2, 0.25) is 5.91 Å². The Labute approximate surface area is 174 Å². The van der Waals surface area contributed by atoms with Gasteiger partial charge >= 0.3 is 0 Å². The van der Waals surface area contributed by atoms with Crippen molar-refractivity contribution in [2.45, 2.75) is 26.7 Å². The number of carbonyl (C=O) groups excluding carboxylic acids is 1. The number of aromatic nitrogens is 1. The predicted octanol–water partition coefficient (Wildman–Crippen LogP) is 1.17. The topological polar surface area (TPSA) is 87.0 Å². The molecule has 3 saturated heterocycles. The molecule has 0 aliphatic carbocycles. The van der Waals surface area contributed by atoms with Crippen LogP contribution < -0.4 is 20.9 Å². The van der Waals surface area contributed by atoms with Crippen LogP contribution in [0.15, 0.2) is 12.1 Å². The summed E-state index contributed by atoms with van der Waals surface area (Å²) in [5.41, 5.74) is 6.95. The number of piperazine rings is 1. The molecule has 0 aromatic carbocycles. The van der Waals surface area contributed by atoms with E-state index in [1.165, 1.54) is 12.8 Å². The average Bonchev–Trinajstić information content (AvgIpc) is 2.76. The predicted molar refractivity (Wildman–Crippen MR) is 117 cm³/mol. The molecule has 0 spiro atoms. The van der Waals surface area contributed by atoms with Gasteiger partial charge in [-0.15, -0.1) is 0 Å². The standard InChI is InChI=1S/C15H25N5.C6H11NO2/c1-12-4-8-20(9-5-12)15-13(16)2-3-14(18-15)19-10-6-17-7-11-19;1-6(8)7-2-4-9-5-3-7/h2-3,12,17H,4-11,16H2,1H3;2-5H2,1H3. The molecule has 1 amide bonds. The molecule has 8 nitrogen and oxygen atoms in total. The summed E-state index contributed by atoms with van der Waals surface area (Å²) in [5, 5.41) is 3.37. The minimum Gasteiger partial charge on any atom is -0.396 e. The first-order chi connectivity index (χ1) is 14.0. The highest BCUT2D eigenvalue weighted by molar-refractivity contribution is 5.73. The Morgan fingerprint density at radius 2 is 1.72 bits per heavy atom. The zero-order valence-corrected chi connectivity index (χ0v) is 17.9. The van der Waals surface area contributed by atoms with Crippen molar-refractivity contribution in [3.63, 3.8) is 0 Å². The molecule has 8 heteroatoms. The van der Waals surface area contributed by atoms with Crippen LogP contribution in [0.5, 0.6) is 0 Å². The fourth-order valence-corrected chi connectivity index (χ4v) is 3.87. The molecule has 29 heavy (non-hydrogen) atoms. The molecular weight excluding hydrogens is 368 g/mol. The SMILES string of the molecule is CC(=O)N1CCOCC1.CC1CCN(c2nc(N3CCNCC3)ccc2N)CC1. The Kier molecular flexibility index (Phi) is 7.94. The second kappa shape index (κ2) is 10.6. The number of nitrogens with one attached hydrogen (secondary N) is 1. The number of morpholine rings is 1. The highest BCUT2D eigenvalue weighted by Crippen LogP contribution is 2.28. The Hall–Kier alpha value is -2.06. The zero-order valence-electron chi connectivity index (χ0n) is 17.9. The van der Waals surface area contributed by atoms with Crippen LogP contribution in [-0.4, -0.2) is 81.4 Å². The second-order valence-corrected chi connectivity index (χ2v) is 8.11. The largest absolute Gasteiger partial charge is 0.396 e. The molecule has 3 N–H and O–H groups in total. The molecule has 3 fully saturated rings. The lowest BCUT2D eigenvalue weighted by Gasteiger charge is -2.33. The number of nitrogens with two attached hydrogens (primary N) is 1. The van der Waals surface area contributed by atoms with Crippen LogP contribution in [0.25, 0.3) is 0 Å². The number of pyridine rings is 1. The Morgan fingerprint density at radius 1 is 1.07 bits per heavy atom. The minimum atomic E-state index is 0.151. The average molecular weight is 405 g/mol. The van der Waals surface area contributed by atoms with E-state index in [9.17, 15) is 4.79 Å². The first-order valence-electron chi connectivity index (χ1n) is 10.8. The lowest BCUT2D eigenvalue weighted by molar-refractivity contribution is -0.132. The molecule has 4 heterocycles. The van der Waals surface area contributed by atoms with E-state index < -0.39 is 0 Å². The summed E-state index contributed by atoms with van der Waals surface area (Å²) in [7, 11) is 0. The summed E-state index contributed by atoms with van der Waals surface area (Å²) >= 11 is 0. The van der Waals surface area contributed by atoms with Crippen molar-refractivity contribution in [2.75, 3.05) is 81.1 Å². The van der Waals surface area contributed by atoms with E-state index in [0.717, 1.165) is 75.6 Å². The van der Waals surface area contributed by atoms with Crippen molar-refractivity contribution in [3.8, 4) is 0 Å². The number of ether oxygens (including phenoxy) is 1. The quantitative estimate of drug-likeness (QED) is 0.765. The van der Waals surface area contributed by atoms with Crippen molar-refractivity contribution in [3.05, 3.63) is 12.1 Å². The van der Waals surface area contributed by atoms with Crippen LogP contribution in [0.3, 0.4) is 0 Å². The van der Waals surface area contributed by atoms with Crippen LogP contribution in [0.4, 0.5) is 17.3 Å². The van der Waals surface area contributed by atoms with Crippen molar-refractivity contribution < 1.29 is 9.53 Å². The second-order valence-electron chi connectivity index (χ2n) is 8.11. The molecule has 1 aromatic rings. The van der Waals surface area contributed by atoms with Gasteiger partial charge in [0, 0.05) is 59.3 Å². The van der Waals surface area contributed by atoms with Crippen LogP contribution in [0.2, 0.25) is 0 Å². The monoisotopic (exact) mass is 404 g/mol. The fraction of sp³-hybridized carbons (Fsp3) is 0.714. The van der Waals surface area contributed by atoms with Crippen molar-refractivity contribution in [1.82, 2.24) is 15.2 Å². The number of piperidine rings is 1. The van der Waals surface area contributed by atoms with Gasteiger partial charge in [-0.3, -0.25) is 4.79 Å². The number of rotatable bonds is 2. The molecule has 3 aliphatic rings. The number of amides is 1. The zero-order chi connectivity index (χ0) is 20.6. The normalized spacial score (nSPS) is 20.8. The number of hydrogen-bond acceptors (Lipinski definition) is 7. The van der Waals surface area contributed by atoms with Crippen LogP contribution in [0, 0.1) is 5.92 Å². The third kappa shape index (κ3) is 6.21. The van der Waals surface area contributed by atoms with Gasteiger partial charge in [0.25, 0.3) is 0 Å². The molecule has 0 saturated carbocycles. The first-order valence-corrected chi connectivity index (χ1v) is 10.8. The molecule has 3 aliphatic heterocycles. The smallest absolute Gasteiger partial charge is 0.219 e. The van der Waals surface area contributed by atoms with E-state index in [2.05, 4.69) is 28.1 Å². The summed E-state index contributed by atoms with van der Waals surface area (Å²) < 4.78 is 5.06. The third-order valence-electron chi connectivity index (χ3n) is 5.87. The molecule has 0 radical (unpaired) electrons. The van der Waals surface area contributed by atoms with Crippen LogP contribution in [0.1, 0.15) is 26.7 Å². The van der Waals surface area contributed by atoms with Gasteiger partial charge in [0.15, 0.2) is 5.82 Å². The number of hydrogen-bond donors (Lipinski definition) is 2. The summed E-state index contributed by atoms with van der Waals surface area (Å²) in [5.74, 6) is 3.02. The molecule has 4 rings (SSSR count). The van der Waals surface area contributed by atoms with Gasteiger partial charge in [-0.25, -0.2) is 4.98 Å². The van der Waals surface area contributed by atoms with Gasteiger partial charge < -0.3 is 30.5 Å². The summed E-state index contributed by atoms with van der Waals surface area (Å²) in [6, 6.07) is 4.06. The highest BCUT2D eigenvalue weighted by Gasteiger charge is 2.20. The third-order valence-corrected chi connectivity index (χ3v) is 5.87. The Balaban J connectivity index is 0.000000224. The van der Waals surface area contributed by atoms with Gasteiger partial charge in [-0.05, 0) is 30.9 Å². The van der Waals surface area contributed by atoms with Gasteiger partial charge in [-0.2, -0.15) is 0 Å². The minimum absolute atomic E-state index is 0.151. The lowest BCUT2D eigenvalue weighted by Crippen LogP contribution is -2.44. The maximum Gasteiger partial charge on any atom is 0.219 e. The molecule has 162 valence electrons. The van der Waals surface area contributed by atoms with E-state index >= 15 is 0 Å². The molecule has 0 atom stereocenters. The molecular formula is C21H36N6O2. The van der Waals surface area contributed by atoms with E-state index in [4.69, 9.17) is 15.5 Å². The molecule has 0 bridgehead atoms. The maximum atomic E-state index is 10.7. The fourth-order valence-electron chi connectivity index (χ4n) is 3.87. The van der Waals surface area contributed by atoms with E-state index in [1.807, 2.05) is 6.07 Å². The lowest BCUT2D eigenvalue weighted by atomic mass is 9.99. The van der Waals surface area contributed by atoms with Crippen LogP contribution >= 0.6 is 0 Å².